The van der Waals surface area contributed by atoms with Crippen molar-refractivity contribution in [1.29, 1.82) is 0 Å². The van der Waals surface area contributed by atoms with Crippen LogP contribution in [-0.2, 0) is 0 Å². The maximum Gasteiger partial charge on any atom is 0.347 e. The van der Waals surface area contributed by atoms with E-state index < -0.39 is 0 Å². The summed E-state index contributed by atoms with van der Waals surface area (Å²) >= 11 is 3.50. The number of para-hydroxylation sites is 1. The molecule has 4 heteroatoms. The third-order valence-corrected chi connectivity index (χ3v) is 4.12. The molecule has 0 spiro atoms. The molecule has 0 amide bonds. The van der Waals surface area contributed by atoms with Crippen molar-refractivity contribution >= 4 is 37.9 Å². The zero-order valence-electron chi connectivity index (χ0n) is 10.8. The standard InChI is InChI=1S/C17H9BrO3/c18-13-7-3-1-5-10(13)15-9-12-16(20-15)11-6-2-4-8-14(11)21-17(12)19/h1-9H. The van der Waals surface area contributed by atoms with Crippen molar-refractivity contribution in [2.75, 3.05) is 0 Å². The normalized spacial score (nSPS) is 11.3. The fourth-order valence-corrected chi connectivity index (χ4v) is 2.91. The van der Waals surface area contributed by atoms with Crippen LogP contribution in [0.1, 0.15) is 0 Å². The maximum atomic E-state index is 12.1. The Kier molecular flexibility index (Phi) is 2.72. The van der Waals surface area contributed by atoms with Gasteiger partial charge in [-0.3, -0.25) is 0 Å². The highest BCUT2D eigenvalue weighted by Crippen LogP contribution is 2.34. The molecule has 4 rings (SSSR count). The largest absolute Gasteiger partial charge is 0.455 e. The monoisotopic (exact) mass is 340 g/mol. The average molecular weight is 341 g/mol. The van der Waals surface area contributed by atoms with E-state index in [0.29, 0.717) is 22.3 Å². The zero-order valence-corrected chi connectivity index (χ0v) is 12.4. The van der Waals surface area contributed by atoms with E-state index in [1.807, 2.05) is 42.5 Å². The van der Waals surface area contributed by atoms with Gasteiger partial charge in [0.2, 0.25) is 0 Å². The van der Waals surface area contributed by atoms with E-state index in [4.69, 9.17) is 8.83 Å². The van der Waals surface area contributed by atoms with Gasteiger partial charge in [0.1, 0.15) is 16.7 Å². The van der Waals surface area contributed by atoms with Crippen LogP contribution in [0.2, 0.25) is 0 Å². The third kappa shape index (κ3) is 1.91. The molecule has 0 radical (unpaired) electrons. The van der Waals surface area contributed by atoms with Crippen LogP contribution in [0.15, 0.2) is 72.7 Å². The summed E-state index contributed by atoms with van der Waals surface area (Å²) in [6, 6.07) is 16.8. The van der Waals surface area contributed by atoms with E-state index in [1.54, 1.807) is 12.1 Å². The molecule has 0 aliphatic carbocycles. The second-order valence-corrected chi connectivity index (χ2v) is 5.57. The highest BCUT2D eigenvalue weighted by Gasteiger charge is 2.15. The van der Waals surface area contributed by atoms with Gasteiger partial charge in [0.15, 0.2) is 5.58 Å². The lowest BCUT2D eigenvalue weighted by Crippen LogP contribution is -1.97. The van der Waals surface area contributed by atoms with Crippen molar-refractivity contribution in [1.82, 2.24) is 0 Å². The van der Waals surface area contributed by atoms with Gasteiger partial charge in [0, 0.05) is 10.0 Å². The second-order valence-electron chi connectivity index (χ2n) is 4.72. The van der Waals surface area contributed by atoms with Crippen LogP contribution in [0.4, 0.5) is 0 Å². The molecular weight excluding hydrogens is 332 g/mol. The van der Waals surface area contributed by atoms with E-state index >= 15 is 0 Å². The summed E-state index contributed by atoms with van der Waals surface area (Å²) < 4.78 is 12.2. The molecule has 0 saturated heterocycles. The smallest absolute Gasteiger partial charge is 0.347 e. The summed E-state index contributed by atoms with van der Waals surface area (Å²) in [4.78, 5) is 12.1. The Labute approximate surface area is 127 Å². The van der Waals surface area contributed by atoms with Crippen LogP contribution in [-0.4, -0.2) is 0 Å². The molecule has 4 aromatic rings. The molecule has 3 nitrogen and oxygen atoms in total. The van der Waals surface area contributed by atoms with Crippen LogP contribution in [0.5, 0.6) is 0 Å². The van der Waals surface area contributed by atoms with Crippen LogP contribution in [0.25, 0.3) is 33.3 Å². The molecule has 0 bridgehead atoms. The lowest BCUT2D eigenvalue weighted by molar-refractivity contribution is 0.565. The molecule has 2 aromatic carbocycles. The minimum atomic E-state index is -0.384. The van der Waals surface area contributed by atoms with Crippen LogP contribution in [0, 0.1) is 0 Å². The summed E-state index contributed by atoms with van der Waals surface area (Å²) in [5.74, 6) is 0.640. The first-order valence-electron chi connectivity index (χ1n) is 6.44. The van der Waals surface area contributed by atoms with Crippen LogP contribution in [0.3, 0.4) is 0 Å². The fraction of sp³-hybridized carbons (Fsp3) is 0. The third-order valence-electron chi connectivity index (χ3n) is 3.43. The van der Waals surface area contributed by atoms with E-state index in [2.05, 4.69) is 15.9 Å². The van der Waals surface area contributed by atoms with Crippen molar-refractivity contribution in [2.45, 2.75) is 0 Å². The van der Waals surface area contributed by atoms with Crippen molar-refractivity contribution in [3.05, 3.63) is 69.5 Å². The zero-order chi connectivity index (χ0) is 14.4. The SMILES string of the molecule is O=c1oc2ccccc2c2oc(-c3ccccc3Br)cc12. The Hall–Kier alpha value is -2.33. The number of rotatable bonds is 1. The second kappa shape index (κ2) is 4.60. The summed E-state index contributed by atoms with van der Waals surface area (Å²) in [5.41, 5.74) is 1.61. The lowest BCUT2D eigenvalue weighted by atomic mass is 10.1. The Morgan fingerprint density at radius 3 is 2.48 bits per heavy atom. The highest BCUT2D eigenvalue weighted by molar-refractivity contribution is 9.10. The highest BCUT2D eigenvalue weighted by atomic mass is 79.9. The topological polar surface area (TPSA) is 43.4 Å². The molecule has 102 valence electrons. The molecule has 0 atom stereocenters. The van der Waals surface area contributed by atoms with Gasteiger partial charge < -0.3 is 8.83 Å². The number of hydrogen-bond donors (Lipinski definition) is 0. The van der Waals surface area contributed by atoms with Gasteiger partial charge in [0.05, 0.1) is 5.39 Å². The van der Waals surface area contributed by atoms with Gasteiger partial charge in [-0.25, -0.2) is 4.79 Å². The van der Waals surface area contributed by atoms with Gasteiger partial charge in [-0.2, -0.15) is 0 Å². The van der Waals surface area contributed by atoms with Crippen LogP contribution >= 0.6 is 15.9 Å². The molecule has 21 heavy (non-hydrogen) atoms. The van der Waals surface area contributed by atoms with Gasteiger partial charge in [0.25, 0.3) is 0 Å². The number of furan rings is 1. The average Bonchev–Trinajstić information content (AvgIpc) is 2.94. The Morgan fingerprint density at radius 1 is 0.857 bits per heavy atom. The number of halogens is 1. The fourth-order valence-electron chi connectivity index (χ4n) is 2.43. The number of fused-ring (bicyclic) bond motifs is 3. The number of hydrogen-bond acceptors (Lipinski definition) is 3. The van der Waals surface area contributed by atoms with Crippen molar-refractivity contribution in [3.63, 3.8) is 0 Å². The number of benzene rings is 2. The van der Waals surface area contributed by atoms with Crippen molar-refractivity contribution in [2.24, 2.45) is 0 Å². The predicted octanol–water partition coefficient (Wildman–Crippen LogP) is 4.97. The van der Waals surface area contributed by atoms with Gasteiger partial charge >= 0.3 is 5.63 Å². The van der Waals surface area contributed by atoms with E-state index in [0.717, 1.165) is 15.4 Å². The summed E-state index contributed by atoms with van der Waals surface area (Å²) in [6.07, 6.45) is 0. The van der Waals surface area contributed by atoms with Gasteiger partial charge in [-0.05, 0) is 24.3 Å². The summed E-state index contributed by atoms with van der Waals surface area (Å²) in [7, 11) is 0. The maximum absolute atomic E-state index is 12.1. The molecule has 2 aromatic heterocycles. The molecular formula is C17H9BrO3. The Morgan fingerprint density at radius 2 is 1.62 bits per heavy atom. The van der Waals surface area contributed by atoms with Crippen LogP contribution < -0.4 is 5.63 Å². The molecule has 2 heterocycles. The first kappa shape index (κ1) is 12.4. The van der Waals surface area contributed by atoms with E-state index in [9.17, 15) is 4.79 Å². The molecule has 0 aliphatic rings. The quantitative estimate of drug-likeness (QED) is 0.459. The molecule has 0 saturated carbocycles. The van der Waals surface area contributed by atoms with Crippen molar-refractivity contribution in [3.8, 4) is 11.3 Å². The van der Waals surface area contributed by atoms with Crippen molar-refractivity contribution < 1.29 is 8.83 Å². The minimum Gasteiger partial charge on any atom is -0.455 e. The first-order chi connectivity index (χ1) is 10.2. The summed E-state index contributed by atoms with van der Waals surface area (Å²) in [5, 5.41) is 1.25. The molecule has 0 unspecified atom stereocenters. The minimum absolute atomic E-state index is 0.384. The lowest BCUT2D eigenvalue weighted by Gasteiger charge is -1.99. The molecule has 0 aliphatic heterocycles. The summed E-state index contributed by atoms with van der Waals surface area (Å²) in [6.45, 7) is 0. The van der Waals surface area contributed by atoms with E-state index in [1.165, 1.54) is 0 Å². The van der Waals surface area contributed by atoms with Gasteiger partial charge in [-0.1, -0.05) is 46.3 Å². The molecule has 0 fully saturated rings. The Balaban J connectivity index is 2.11. The molecule has 0 N–H and O–H groups in total. The van der Waals surface area contributed by atoms with Gasteiger partial charge in [-0.15, -0.1) is 0 Å². The first-order valence-corrected chi connectivity index (χ1v) is 7.23. The predicted molar refractivity (Wildman–Crippen MR) is 85.4 cm³/mol. The van der Waals surface area contributed by atoms with E-state index in [-0.39, 0.29) is 5.63 Å². The Bertz CT molecular complexity index is 1030.